The second kappa shape index (κ2) is 15.2. The van der Waals surface area contributed by atoms with Gasteiger partial charge in [-0.2, -0.15) is 0 Å². The quantitative estimate of drug-likeness (QED) is 0.0549. The maximum absolute atomic E-state index is 13.7. The fourth-order valence-corrected chi connectivity index (χ4v) is 7.45. The smallest absolute Gasteiger partial charge is 0.296 e. The Morgan fingerprint density at radius 2 is 1.70 bits per heavy atom. The third-order valence-electron chi connectivity index (χ3n) is 8.00. The van der Waals surface area contributed by atoms with Crippen LogP contribution in [-0.2, 0) is 15.3 Å². The standard InChI is InChI=1S/C38H35N3O4S2/c1-2-3-4-10-24-45-30-21-19-28(20-22-30)34-33(32(42)23-18-26-12-6-5-7-13-26)35(43)36(44)41(34)37-39-40-38(47-37)46-25-29-16-11-15-27-14-8-9-17-31(27)29/h5-9,11-23,34,43H,2-4,10,24-25H2,1H3/b23-18+. The van der Waals surface area contributed by atoms with Crippen molar-refractivity contribution >= 4 is 56.8 Å². The summed E-state index contributed by atoms with van der Waals surface area (Å²) < 4.78 is 6.61. The predicted octanol–water partition coefficient (Wildman–Crippen LogP) is 9.13. The van der Waals surface area contributed by atoms with Gasteiger partial charge in [0.15, 0.2) is 15.9 Å². The number of carbonyl (C=O) groups is 2. The van der Waals surface area contributed by atoms with Gasteiger partial charge in [0.25, 0.3) is 5.91 Å². The Labute approximate surface area is 282 Å². The Hall–Kier alpha value is -4.73. The van der Waals surface area contributed by atoms with E-state index in [2.05, 4.69) is 41.4 Å². The normalized spacial score (nSPS) is 14.9. The average molecular weight is 662 g/mol. The van der Waals surface area contributed by atoms with Crippen LogP contribution < -0.4 is 9.64 Å². The minimum Gasteiger partial charge on any atom is -0.503 e. The average Bonchev–Trinajstić information content (AvgIpc) is 3.68. The first kappa shape index (κ1) is 32.2. The second-order valence-corrected chi connectivity index (χ2v) is 13.4. The van der Waals surface area contributed by atoms with E-state index in [0.717, 1.165) is 24.8 Å². The lowest BCUT2D eigenvalue weighted by atomic mass is 9.95. The number of ketones is 1. The number of hydrogen-bond acceptors (Lipinski definition) is 8. The topological polar surface area (TPSA) is 92.6 Å². The van der Waals surface area contributed by atoms with Gasteiger partial charge in [-0.1, -0.05) is 140 Å². The van der Waals surface area contributed by atoms with Crippen molar-refractivity contribution in [2.75, 3.05) is 11.5 Å². The molecule has 4 aromatic carbocycles. The number of fused-ring (bicyclic) bond motifs is 1. The highest BCUT2D eigenvalue weighted by molar-refractivity contribution is 8.00. The Kier molecular flexibility index (Phi) is 10.4. The van der Waals surface area contributed by atoms with Crippen molar-refractivity contribution < 1.29 is 19.4 Å². The van der Waals surface area contributed by atoms with Crippen LogP contribution in [0.15, 0.2) is 119 Å². The molecular weight excluding hydrogens is 627 g/mol. The third kappa shape index (κ3) is 7.48. The van der Waals surface area contributed by atoms with Gasteiger partial charge in [0.2, 0.25) is 5.13 Å². The first-order chi connectivity index (χ1) is 23.0. The number of aliphatic hydroxyl groups excluding tert-OH is 1. The van der Waals surface area contributed by atoms with Crippen LogP contribution in [0.25, 0.3) is 16.8 Å². The summed E-state index contributed by atoms with van der Waals surface area (Å²) in [7, 11) is 0. The van der Waals surface area contributed by atoms with Crippen molar-refractivity contribution in [2.24, 2.45) is 0 Å². The number of ether oxygens (including phenoxy) is 1. The number of benzene rings is 4. The van der Waals surface area contributed by atoms with Gasteiger partial charge in [-0.05, 0) is 52.1 Å². The second-order valence-electron chi connectivity index (χ2n) is 11.2. The van der Waals surface area contributed by atoms with Crippen molar-refractivity contribution in [3.63, 3.8) is 0 Å². The molecule has 0 aliphatic carbocycles. The number of unbranched alkanes of at least 4 members (excludes halogenated alkanes) is 3. The molecule has 0 spiro atoms. The number of thioether (sulfide) groups is 1. The number of anilines is 1. The van der Waals surface area contributed by atoms with Crippen LogP contribution in [-0.4, -0.2) is 33.6 Å². The van der Waals surface area contributed by atoms with Crippen LogP contribution in [0.2, 0.25) is 0 Å². The molecule has 1 unspecified atom stereocenters. The maximum atomic E-state index is 13.7. The Balaban J connectivity index is 1.26. The number of allylic oxidation sites excluding steroid dienone is 1. The van der Waals surface area contributed by atoms with E-state index < -0.39 is 23.5 Å². The van der Waals surface area contributed by atoms with Crippen LogP contribution in [0.1, 0.15) is 55.3 Å². The molecule has 1 atom stereocenters. The molecule has 0 saturated heterocycles. The van der Waals surface area contributed by atoms with E-state index in [1.54, 1.807) is 6.08 Å². The number of amides is 1. The summed E-state index contributed by atoms with van der Waals surface area (Å²) in [6, 6.07) is 30.3. The van der Waals surface area contributed by atoms with Gasteiger partial charge in [-0.3, -0.25) is 14.5 Å². The van der Waals surface area contributed by atoms with Gasteiger partial charge in [-0.15, -0.1) is 10.2 Å². The molecule has 2 heterocycles. The zero-order chi connectivity index (χ0) is 32.6. The van der Waals surface area contributed by atoms with Gasteiger partial charge in [0, 0.05) is 5.75 Å². The van der Waals surface area contributed by atoms with E-state index in [1.807, 2.05) is 72.8 Å². The Morgan fingerprint density at radius 3 is 2.51 bits per heavy atom. The molecule has 0 saturated carbocycles. The molecule has 6 rings (SSSR count). The van der Waals surface area contributed by atoms with Crippen molar-refractivity contribution in [2.45, 2.75) is 48.7 Å². The number of carbonyl (C=O) groups excluding carboxylic acids is 2. The molecule has 1 aliphatic heterocycles. The van der Waals surface area contributed by atoms with E-state index in [4.69, 9.17) is 4.74 Å². The first-order valence-corrected chi connectivity index (χ1v) is 17.5. The highest BCUT2D eigenvalue weighted by Gasteiger charge is 2.45. The molecule has 238 valence electrons. The number of aromatic nitrogens is 2. The molecule has 47 heavy (non-hydrogen) atoms. The van der Waals surface area contributed by atoms with Gasteiger partial charge in [0.05, 0.1) is 18.2 Å². The largest absolute Gasteiger partial charge is 0.503 e. The Bertz CT molecular complexity index is 1910. The summed E-state index contributed by atoms with van der Waals surface area (Å²) in [6.45, 7) is 2.79. The molecule has 0 bridgehead atoms. The summed E-state index contributed by atoms with van der Waals surface area (Å²) in [6.07, 6.45) is 7.49. The summed E-state index contributed by atoms with van der Waals surface area (Å²) in [5.74, 6) is -0.364. The number of hydrogen-bond donors (Lipinski definition) is 1. The van der Waals surface area contributed by atoms with Crippen LogP contribution >= 0.6 is 23.1 Å². The zero-order valence-electron chi connectivity index (χ0n) is 26.0. The number of rotatable bonds is 14. The van der Waals surface area contributed by atoms with E-state index >= 15 is 0 Å². The summed E-state index contributed by atoms with van der Waals surface area (Å²) in [5.41, 5.74) is 2.65. The van der Waals surface area contributed by atoms with Crippen molar-refractivity contribution in [1.29, 1.82) is 0 Å². The van der Waals surface area contributed by atoms with E-state index in [9.17, 15) is 14.7 Å². The molecule has 9 heteroatoms. The van der Waals surface area contributed by atoms with E-state index in [-0.39, 0.29) is 5.57 Å². The summed E-state index contributed by atoms with van der Waals surface area (Å²) in [4.78, 5) is 28.7. The van der Waals surface area contributed by atoms with Crippen molar-refractivity contribution in [1.82, 2.24) is 10.2 Å². The fourth-order valence-electron chi connectivity index (χ4n) is 5.58. The lowest BCUT2D eigenvalue weighted by Gasteiger charge is -2.24. The van der Waals surface area contributed by atoms with Crippen LogP contribution in [0.5, 0.6) is 5.75 Å². The molecule has 0 fully saturated rings. The zero-order valence-corrected chi connectivity index (χ0v) is 27.7. The molecule has 0 radical (unpaired) electrons. The van der Waals surface area contributed by atoms with Gasteiger partial charge in [0.1, 0.15) is 5.75 Å². The monoisotopic (exact) mass is 661 g/mol. The summed E-state index contributed by atoms with van der Waals surface area (Å²) in [5, 5.41) is 22.5. The highest BCUT2D eigenvalue weighted by Crippen LogP contribution is 2.44. The molecule has 7 nitrogen and oxygen atoms in total. The van der Waals surface area contributed by atoms with Crippen molar-refractivity contribution in [3.05, 3.63) is 131 Å². The predicted molar refractivity (Wildman–Crippen MR) is 190 cm³/mol. The summed E-state index contributed by atoms with van der Waals surface area (Å²) >= 11 is 2.79. The molecule has 1 amide bonds. The molecule has 1 N–H and O–H groups in total. The molecule has 1 aromatic heterocycles. The lowest BCUT2D eigenvalue weighted by Crippen LogP contribution is -2.30. The SMILES string of the molecule is CCCCCCOc1ccc(C2C(C(=O)/C=C/c3ccccc3)=C(O)C(=O)N2c2nnc(SCc3cccc4ccccc34)s2)cc1. The highest BCUT2D eigenvalue weighted by atomic mass is 32.2. The van der Waals surface area contributed by atoms with Crippen LogP contribution in [0.3, 0.4) is 0 Å². The third-order valence-corrected chi connectivity index (χ3v) is 10.1. The molecular formula is C38H35N3O4S2. The van der Waals surface area contributed by atoms with Crippen LogP contribution in [0, 0.1) is 0 Å². The first-order valence-electron chi connectivity index (χ1n) is 15.7. The van der Waals surface area contributed by atoms with Gasteiger partial charge in [-0.25, -0.2) is 0 Å². The number of nitrogens with zero attached hydrogens (tertiary/aromatic N) is 3. The van der Waals surface area contributed by atoms with E-state index in [0.29, 0.717) is 33.1 Å². The van der Waals surface area contributed by atoms with Gasteiger partial charge >= 0.3 is 0 Å². The minimum absolute atomic E-state index is 0.00410. The Morgan fingerprint density at radius 1 is 0.936 bits per heavy atom. The fraction of sp³-hybridized carbons (Fsp3) is 0.211. The lowest BCUT2D eigenvalue weighted by molar-refractivity contribution is -0.117. The van der Waals surface area contributed by atoms with E-state index in [1.165, 1.54) is 56.8 Å². The maximum Gasteiger partial charge on any atom is 0.296 e. The minimum atomic E-state index is -0.891. The molecule has 5 aromatic rings. The molecule has 1 aliphatic rings. The van der Waals surface area contributed by atoms with Gasteiger partial charge < -0.3 is 9.84 Å². The van der Waals surface area contributed by atoms with Crippen molar-refractivity contribution in [3.8, 4) is 5.75 Å². The van der Waals surface area contributed by atoms with Crippen LogP contribution in [0.4, 0.5) is 5.13 Å². The number of aliphatic hydroxyl groups is 1.